The molecule has 2 aliphatic rings. The molecule has 2 atom stereocenters. The molecule has 2 aliphatic heterocycles. The average molecular weight is 605 g/mol. The van der Waals surface area contributed by atoms with Crippen LogP contribution in [-0.4, -0.2) is 58.2 Å². The van der Waals surface area contributed by atoms with Gasteiger partial charge in [0.1, 0.15) is 31.2 Å². The summed E-state index contributed by atoms with van der Waals surface area (Å²) in [6.45, 7) is 7.02. The van der Waals surface area contributed by atoms with Crippen LogP contribution in [0.3, 0.4) is 0 Å². The van der Waals surface area contributed by atoms with Crippen molar-refractivity contribution in [3.8, 4) is 17.2 Å². The van der Waals surface area contributed by atoms with Crippen LogP contribution < -0.4 is 14.2 Å². The number of methoxy groups -OCH3 is 1. The molecule has 2 heterocycles. The third kappa shape index (κ3) is 8.59. The number of benzene rings is 4. The summed E-state index contributed by atoms with van der Waals surface area (Å²) in [5, 5.41) is 0. The third-order valence-corrected chi connectivity index (χ3v) is 7.87. The number of hydrogen-bond donors (Lipinski definition) is 0. The molecule has 4 aromatic rings. The minimum absolute atomic E-state index is 0.196. The maximum atomic E-state index is 5.83. The van der Waals surface area contributed by atoms with Gasteiger partial charge in [-0.1, -0.05) is 50.2 Å². The number of aliphatic imine (C=N–C) groups is 2. The third-order valence-electron chi connectivity index (χ3n) is 7.87. The predicted molar refractivity (Wildman–Crippen MR) is 179 cm³/mol. The lowest BCUT2D eigenvalue weighted by molar-refractivity contribution is 0.252. The van der Waals surface area contributed by atoms with E-state index in [1.165, 1.54) is 22.3 Å². The molecule has 2 saturated heterocycles. The number of hydrogen-bond acceptors (Lipinski definition) is 7. The second kappa shape index (κ2) is 14.5. The maximum Gasteiger partial charge on any atom is 0.161 e. The van der Waals surface area contributed by atoms with Crippen LogP contribution >= 0.6 is 0 Å². The van der Waals surface area contributed by atoms with Gasteiger partial charge in [-0.05, 0) is 95.1 Å². The molecule has 2 unspecified atom stereocenters. The molecule has 0 aromatic heterocycles. The minimum atomic E-state index is 0.196. The van der Waals surface area contributed by atoms with E-state index in [9.17, 15) is 0 Å². The van der Waals surface area contributed by atoms with Gasteiger partial charge < -0.3 is 23.7 Å². The summed E-state index contributed by atoms with van der Waals surface area (Å²) < 4.78 is 27.7. The molecule has 0 amide bonds. The quantitative estimate of drug-likeness (QED) is 0.104. The molecule has 0 spiro atoms. The highest BCUT2D eigenvalue weighted by molar-refractivity contribution is 5.84. The summed E-state index contributed by atoms with van der Waals surface area (Å²) in [4.78, 5) is 9.65. The molecule has 0 N–H and O–H groups in total. The van der Waals surface area contributed by atoms with E-state index in [2.05, 4.69) is 50.2 Å². The van der Waals surface area contributed by atoms with Crippen molar-refractivity contribution in [3.05, 3.63) is 112 Å². The zero-order valence-corrected chi connectivity index (χ0v) is 26.2. The molecule has 6 rings (SSSR count). The summed E-state index contributed by atoms with van der Waals surface area (Å²) in [6.07, 6.45) is 6.87. The molecular weight excluding hydrogens is 564 g/mol. The van der Waals surface area contributed by atoms with E-state index in [1.54, 1.807) is 7.11 Å². The largest absolute Gasteiger partial charge is 0.493 e. The summed E-state index contributed by atoms with van der Waals surface area (Å²) in [5.41, 5.74) is 8.90. The van der Waals surface area contributed by atoms with Crippen LogP contribution in [-0.2, 0) is 28.7 Å². The van der Waals surface area contributed by atoms with E-state index in [1.807, 2.05) is 54.9 Å². The Bertz CT molecular complexity index is 1670. The first-order chi connectivity index (χ1) is 22.1. The zero-order chi connectivity index (χ0) is 31.0. The molecule has 0 aliphatic carbocycles. The Kier molecular flexibility index (Phi) is 9.88. The van der Waals surface area contributed by atoms with Crippen molar-refractivity contribution in [1.82, 2.24) is 0 Å². The monoisotopic (exact) mass is 604 g/mol. The molecular formula is C38H40N2O5. The summed E-state index contributed by atoms with van der Waals surface area (Å²) >= 11 is 0. The highest BCUT2D eigenvalue weighted by Gasteiger charge is 2.24. The van der Waals surface area contributed by atoms with Crippen molar-refractivity contribution in [2.45, 2.75) is 45.3 Å². The molecule has 0 radical (unpaired) electrons. The fourth-order valence-electron chi connectivity index (χ4n) is 5.11. The van der Waals surface area contributed by atoms with Gasteiger partial charge in [-0.25, -0.2) is 0 Å². The topological polar surface area (TPSA) is 77.5 Å². The van der Waals surface area contributed by atoms with Gasteiger partial charge in [0.2, 0.25) is 0 Å². The Morgan fingerprint density at radius 2 is 1.29 bits per heavy atom. The molecule has 232 valence electrons. The smallest absolute Gasteiger partial charge is 0.161 e. The summed E-state index contributed by atoms with van der Waals surface area (Å²) in [6, 6.07) is 27.0. The number of nitrogens with zero attached hydrogens (tertiary/aromatic N) is 2. The number of rotatable bonds is 15. The molecule has 0 bridgehead atoms. The van der Waals surface area contributed by atoms with Gasteiger partial charge in [0.05, 0.1) is 31.7 Å². The van der Waals surface area contributed by atoms with Crippen LogP contribution in [0, 0.1) is 0 Å². The molecule has 2 fully saturated rings. The van der Waals surface area contributed by atoms with Crippen LogP contribution in [0.5, 0.6) is 17.2 Å². The first-order valence-electron chi connectivity index (χ1n) is 15.7. The lowest BCUT2D eigenvalue weighted by atomic mass is 9.98. The van der Waals surface area contributed by atoms with Gasteiger partial charge in [-0.2, -0.15) is 0 Å². The van der Waals surface area contributed by atoms with Gasteiger partial charge >= 0.3 is 0 Å². The standard InChI is InChI=1S/C38H40N2O5/c1-4-30-16-26(9-12-35(30)39-20-28-7-6-8-32(18-28)42-22-33-23-43-33)15-27-10-13-36(31(5-2)17-27)40-21-29-11-14-37(38(19-29)41-3)45-25-34-24-44-34/h6-14,16-21,33-34H,4-5,15,22-25H2,1-3H3. The van der Waals surface area contributed by atoms with Crippen LogP contribution in [0.15, 0.2) is 88.8 Å². The Morgan fingerprint density at radius 3 is 1.87 bits per heavy atom. The SMILES string of the molecule is CCc1cc(Cc2ccc(N=Cc3ccc(OCC4CO4)c(OC)c3)c(CC)c2)ccc1N=Cc1cccc(OCC2CO2)c1. The predicted octanol–water partition coefficient (Wildman–Crippen LogP) is 7.47. The Labute approximate surface area is 265 Å². The second-order valence-electron chi connectivity index (χ2n) is 11.3. The molecule has 45 heavy (non-hydrogen) atoms. The Morgan fingerprint density at radius 1 is 0.689 bits per heavy atom. The number of ether oxygens (including phenoxy) is 5. The lowest BCUT2D eigenvalue weighted by Crippen LogP contribution is -2.05. The normalized spacial score (nSPS) is 17.1. The lowest BCUT2D eigenvalue weighted by Gasteiger charge is -2.11. The van der Waals surface area contributed by atoms with Crippen molar-refractivity contribution >= 4 is 23.8 Å². The van der Waals surface area contributed by atoms with Crippen LogP contribution in [0.1, 0.15) is 47.2 Å². The molecule has 4 aromatic carbocycles. The Balaban J connectivity index is 1.11. The number of epoxide rings is 2. The summed E-state index contributed by atoms with van der Waals surface area (Å²) in [5.74, 6) is 2.24. The van der Waals surface area contributed by atoms with Gasteiger partial charge in [-0.3, -0.25) is 9.98 Å². The van der Waals surface area contributed by atoms with E-state index in [4.69, 9.17) is 33.7 Å². The number of aryl methyl sites for hydroxylation is 2. The van der Waals surface area contributed by atoms with E-state index in [-0.39, 0.29) is 12.2 Å². The molecule has 7 nitrogen and oxygen atoms in total. The zero-order valence-electron chi connectivity index (χ0n) is 26.2. The Hall–Kier alpha value is -4.46. The van der Waals surface area contributed by atoms with Gasteiger partial charge in [-0.15, -0.1) is 0 Å². The maximum absolute atomic E-state index is 5.83. The molecule has 0 saturated carbocycles. The van der Waals surface area contributed by atoms with Gasteiger partial charge in [0.15, 0.2) is 11.5 Å². The van der Waals surface area contributed by atoms with Gasteiger partial charge in [0.25, 0.3) is 0 Å². The fraction of sp³-hybridized carbons (Fsp3) is 0.316. The fourth-order valence-corrected chi connectivity index (χ4v) is 5.11. The highest BCUT2D eigenvalue weighted by Crippen LogP contribution is 2.30. The van der Waals surface area contributed by atoms with Gasteiger partial charge in [0, 0.05) is 12.4 Å². The first kappa shape index (κ1) is 30.6. The highest BCUT2D eigenvalue weighted by atomic mass is 16.6. The second-order valence-corrected chi connectivity index (χ2v) is 11.3. The van der Waals surface area contributed by atoms with E-state index < -0.39 is 0 Å². The van der Waals surface area contributed by atoms with Crippen LogP contribution in [0.2, 0.25) is 0 Å². The average Bonchev–Trinajstić information content (AvgIpc) is 4.01. The van der Waals surface area contributed by atoms with Crippen LogP contribution in [0.4, 0.5) is 11.4 Å². The van der Waals surface area contributed by atoms with E-state index >= 15 is 0 Å². The van der Waals surface area contributed by atoms with Crippen molar-refractivity contribution in [3.63, 3.8) is 0 Å². The van der Waals surface area contributed by atoms with Crippen molar-refractivity contribution in [2.24, 2.45) is 9.98 Å². The van der Waals surface area contributed by atoms with E-state index in [0.717, 1.165) is 60.7 Å². The van der Waals surface area contributed by atoms with Crippen molar-refractivity contribution < 1.29 is 23.7 Å². The van der Waals surface area contributed by atoms with Crippen molar-refractivity contribution in [1.29, 1.82) is 0 Å². The van der Waals surface area contributed by atoms with Crippen molar-refractivity contribution in [2.75, 3.05) is 33.5 Å². The first-order valence-corrected chi connectivity index (χ1v) is 15.7. The van der Waals surface area contributed by atoms with Crippen LogP contribution in [0.25, 0.3) is 0 Å². The minimum Gasteiger partial charge on any atom is -0.493 e. The molecule has 7 heteroatoms. The van der Waals surface area contributed by atoms with E-state index in [0.29, 0.717) is 24.7 Å². The summed E-state index contributed by atoms with van der Waals surface area (Å²) in [7, 11) is 1.65.